The number of benzene rings is 1. The first-order valence-corrected chi connectivity index (χ1v) is 5.13. The summed E-state index contributed by atoms with van der Waals surface area (Å²) in [6.07, 6.45) is 1.99. The minimum absolute atomic E-state index is 0. The number of quaternary nitrogens is 1. The Morgan fingerprint density at radius 1 is 1.27 bits per heavy atom. The molecular weight excluding hydrogens is 297 g/mol. The molecule has 0 saturated heterocycles. The summed E-state index contributed by atoms with van der Waals surface area (Å²) in [6.45, 7) is 9.30. The molecule has 1 rings (SSSR count). The van der Waals surface area contributed by atoms with Crippen LogP contribution in [0.1, 0.15) is 13.8 Å². The number of halogens is 1. The fraction of sp³-hybridized carbons (Fsp3) is 0.385. The largest absolute Gasteiger partial charge is 1.00 e. The molecule has 0 aromatic heterocycles. The molecule has 0 fully saturated rings. The summed E-state index contributed by atoms with van der Waals surface area (Å²) >= 11 is 0. The lowest BCUT2D eigenvalue weighted by Gasteiger charge is -2.37. The van der Waals surface area contributed by atoms with Gasteiger partial charge in [-0.15, -0.1) is 0 Å². The number of nitrogens with zero attached hydrogens (tertiary/aromatic N) is 1. The number of hydrogen-bond acceptors (Lipinski definition) is 0. The van der Waals surface area contributed by atoms with E-state index in [1.54, 1.807) is 0 Å². The summed E-state index contributed by atoms with van der Waals surface area (Å²) in [4.78, 5) is 0. The molecule has 0 N–H and O–H groups in total. The van der Waals surface area contributed by atoms with Crippen LogP contribution in [0.2, 0.25) is 0 Å². The first kappa shape index (κ1) is 14.6. The Labute approximate surface area is 110 Å². The fourth-order valence-corrected chi connectivity index (χ4v) is 1.65. The molecule has 1 atom stereocenters. The molecule has 0 saturated carbocycles. The molecule has 0 aliphatic heterocycles. The Hall–Kier alpha value is -0.350. The van der Waals surface area contributed by atoms with Crippen LogP contribution >= 0.6 is 0 Å². The van der Waals surface area contributed by atoms with E-state index in [4.69, 9.17) is 0 Å². The van der Waals surface area contributed by atoms with E-state index in [0.717, 1.165) is 11.0 Å². The summed E-state index contributed by atoms with van der Waals surface area (Å²) in [7, 11) is 2.25. The van der Waals surface area contributed by atoms with Crippen LogP contribution in [0.5, 0.6) is 0 Å². The monoisotopic (exact) mass is 317 g/mol. The van der Waals surface area contributed by atoms with Gasteiger partial charge in [0.05, 0.1) is 13.1 Å². The fourth-order valence-electron chi connectivity index (χ4n) is 1.65. The van der Waals surface area contributed by atoms with Crippen LogP contribution in [0.3, 0.4) is 0 Å². The number of para-hydroxylation sites is 1. The Bertz CT molecular complexity index is 295. The van der Waals surface area contributed by atoms with Crippen LogP contribution in [-0.2, 0) is 0 Å². The van der Waals surface area contributed by atoms with Crippen LogP contribution in [0, 0.1) is 0 Å². The van der Waals surface area contributed by atoms with Crippen molar-refractivity contribution in [2.45, 2.75) is 19.9 Å². The Balaban J connectivity index is 0.00000196. The van der Waals surface area contributed by atoms with Gasteiger partial charge in [0.1, 0.15) is 12.2 Å². The second-order valence-electron chi connectivity index (χ2n) is 4.17. The highest BCUT2D eigenvalue weighted by molar-refractivity contribution is 5.42. The van der Waals surface area contributed by atoms with Gasteiger partial charge in [0, 0.05) is 0 Å². The van der Waals surface area contributed by atoms with Crippen molar-refractivity contribution in [2.75, 3.05) is 13.6 Å². The number of likely N-dealkylation sites (N-methyl/N-ethyl adjacent to an activating group) is 1. The zero-order chi connectivity index (χ0) is 10.6. The molecule has 0 bridgehead atoms. The molecule has 0 heterocycles. The van der Waals surface area contributed by atoms with E-state index in [1.165, 1.54) is 5.69 Å². The maximum Gasteiger partial charge on any atom is 0.133 e. The van der Waals surface area contributed by atoms with Crippen molar-refractivity contribution in [2.24, 2.45) is 0 Å². The summed E-state index contributed by atoms with van der Waals surface area (Å²) in [5, 5.41) is 0. The standard InChI is InChI=1S/C13H20N.HI/c1-5-11-14(4,12(2)3)13-9-7-6-8-10-13;/h5-10,12H,1,11H2,2-4H3;1H/q+1;/p-1/t14-;/m0./s1. The molecule has 0 aliphatic rings. The third-order valence-corrected chi connectivity index (χ3v) is 2.99. The van der Waals surface area contributed by atoms with Crippen LogP contribution in [0.15, 0.2) is 43.0 Å². The first-order chi connectivity index (χ1) is 6.61. The normalized spacial score (nSPS) is 14.1. The van der Waals surface area contributed by atoms with Crippen molar-refractivity contribution >= 4 is 5.69 Å². The van der Waals surface area contributed by atoms with E-state index >= 15 is 0 Å². The molecule has 0 radical (unpaired) electrons. The van der Waals surface area contributed by atoms with Gasteiger partial charge in [0.15, 0.2) is 0 Å². The highest BCUT2D eigenvalue weighted by Gasteiger charge is 2.26. The molecule has 0 unspecified atom stereocenters. The van der Waals surface area contributed by atoms with Crippen molar-refractivity contribution < 1.29 is 24.0 Å². The summed E-state index contributed by atoms with van der Waals surface area (Å²) in [6, 6.07) is 11.2. The molecule has 0 amide bonds. The third kappa shape index (κ3) is 3.31. The van der Waals surface area contributed by atoms with Gasteiger partial charge in [0.2, 0.25) is 0 Å². The number of hydrogen-bond donors (Lipinski definition) is 0. The molecule has 15 heavy (non-hydrogen) atoms. The maximum atomic E-state index is 3.84. The Morgan fingerprint density at radius 3 is 2.20 bits per heavy atom. The Kier molecular flexibility index (Phi) is 6.13. The van der Waals surface area contributed by atoms with Gasteiger partial charge in [-0.3, -0.25) is 4.48 Å². The van der Waals surface area contributed by atoms with Gasteiger partial charge in [-0.05, 0) is 32.1 Å². The zero-order valence-corrected chi connectivity index (χ0v) is 11.9. The lowest BCUT2D eigenvalue weighted by atomic mass is 10.2. The van der Waals surface area contributed by atoms with Crippen molar-refractivity contribution in [1.29, 1.82) is 0 Å². The second kappa shape index (κ2) is 6.28. The van der Waals surface area contributed by atoms with Crippen LogP contribution in [0.25, 0.3) is 0 Å². The molecule has 1 aromatic carbocycles. The first-order valence-electron chi connectivity index (χ1n) is 5.13. The van der Waals surface area contributed by atoms with E-state index in [1.807, 2.05) is 6.08 Å². The van der Waals surface area contributed by atoms with Gasteiger partial charge in [0.25, 0.3) is 0 Å². The lowest BCUT2D eigenvalue weighted by Crippen LogP contribution is -3.00. The van der Waals surface area contributed by atoms with E-state index in [-0.39, 0.29) is 24.0 Å². The van der Waals surface area contributed by atoms with Crippen molar-refractivity contribution in [3.63, 3.8) is 0 Å². The van der Waals surface area contributed by atoms with Gasteiger partial charge in [-0.1, -0.05) is 24.8 Å². The van der Waals surface area contributed by atoms with Gasteiger partial charge in [-0.25, -0.2) is 0 Å². The topological polar surface area (TPSA) is 0 Å². The van der Waals surface area contributed by atoms with Crippen molar-refractivity contribution in [3.8, 4) is 0 Å². The highest BCUT2D eigenvalue weighted by atomic mass is 127. The summed E-state index contributed by atoms with van der Waals surface area (Å²) < 4.78 is 0.921. The van der Waals surface area contributed by atoms with Crippen LogP contribution in [0.4, 0.5) is 5.69 Å². The van der Waals surface area contributed by atoms with Crippen molar-refractivity contribution in [3.05, 3.63) is 43.0 Å². The molecule has 0 spiro atoms. The average Bonchev–Trinajstić information content (AvgIpc) is 2.19. The smallest absolute Gasteiger partial charge is 0.133 e. The van der Waals surface area contributed by atoms with E-state index in [2.05, 4.69) is 57.8 Å². The molecule has 0 aliphatic carbocycles. The summed E-state index contributed by atoms with van der Waals surface area (Å²) in [5.41, 5.74) is 1.35. The quantitative estimate of drug-likeness (QED) is 0.423. The second-order valence-corrected chi connectivity index (χ2v) is 4.17. The summed E-state index contributed by atoms with van der Waals surface area (Å²) in [5.74, 6) is 0. The van der Waals surface area contributed by atoms with E-state index in [9.17, 15) is 0 Å². The van der Waals surface area contributed by atoms with Gasteiger partial charge < -0.3 is 24.0 Å². The van der Waals surface area contributed by atoms with Gasteiger partial charge in [-0.2, -0.15) is 0 Å². The molecular formula is C13H20IN. The van der Waals surface area contributed by atoms with E-state index in [0.29, 0.717) is 6.04 Å². The molecule has 84 valence electrons. The van der Waals surface area contributed by atoms with E-state index < -0.39 is 0 Å². The highest BCUT2D eigenvalue weighted by Crippen LogP contribution is 2.23. The Morgan fingerprint density at radius 2 is 1.80 bits per heavy atom. The predicted molar refractivity (Wildman–Crippen MR) is 64.4 cm³/mol. The van der Waals surface area contributed by atoms with Crippen molar-refractivity contribution in [1.82, 2.24) is 4.48 Å². The zero-order valence-electron chi connectivity index (χ0n) is 9.78. The molecule has 1 nitrogen and oxygen atoms in total. The third-order valence-electron chi connectivity index (χ3n) is 2.99. The lowest BCUT2D eigenvalue weighted by molar-refractivity contribution is -0.00000307. The van der Waals surface area contributed by atoms with Gasteiger partial charge >= 0.3 is 0 Å². The van der Waals surface area contributed by atoms with Crippen LogP contribution < -0.4 is 28.5 Å². The minimum atomic E-state index is 0. The molecule has 1 aromatic rings. The minimum Gasteiger partial charge on any atom is -1.00 e. The average molecular weight is 317 g/mol. The SMILES string of the molecule is C=CC[N@+](C)(c1ccccc1)C(C)C.[I-]. The predicted octanol–water partition coefficient (Wildman–Crippen LogP) is 0.222. The van der Waals surface area contributed by atoms with Crippen LogP contribution in [-0.4, -0.2) is 19.6 Å². The molecule has 2 heteroatoms. The number of rotatable bonds is 4. The maximum absolute atomic E-state index is 3.84.